The molecule has 0 radical (unpaired) electrons. The second-order valence-electron chi connectivity index (χ2n) is 5.59. The van der Waals surface area contributed by atoms with Crippen molar-refractivity contribution < 1.29 is 9.53 Å². The van der Waals surface area contributed by atoms with Crippen LogP contribution < -0.4 is 15.0 Å². The molecule has 0 aliphatic carbocycles. The predicted octanol–water partition coefficient (Wildman–Crippen LogP) is 2.18. The molecule has 1 aromatic rings. The average molecular weight is 291 g/mol. The summed E-state index contributed by atoms with van der Waals surface area (Å²) in [7, 11) is 3.90. The van der Waals surface area contributed by atoms with E-state index in [1.54, 1.807) is 11.9 Å². The Morgan fingerprint density at radius 3 is 2.71 bits per heavy atom. The molecule has 116 valence electrons. The number of urea groups is 1. The second kappa shape index (κ2) is 7.31. The molecule has 0 saturated carbocycles. The number of likely N-dealkylation sites (tertiary alicyclic amines) is 1. The van der Waals surface area contributed by atoms with Gasteiger partial charge < -0.3 is 15.0 Å². The Hall–Kier alpha value is -1.75. The molecular formula is C16H25N3O2. The molecule has 1 heterocycles. The summed E-state index contributed by atoms with van der Waals surface area (Å²) in [6.45, 7) is 5.52. The van der Waals surface area contributed by atoms with Crippen molar-refractivity contribution in [3.8, 4) is 5.75 Å². The zero-order valence-electron chi connectivity index (χ0n) is 13.1. The normalized spacial score (nSPS) is 18.5. The standard InChI is InChI=1S/C16H25N3O2/c1-4-21-15-7-5-14(6-8-15)19(3)16(20)17-11-13-9-10-18(2)12-13/h5-8,13H,4,9-12H2,1-3H3,(H,17,20). The molecule has 1 aromatic carbocycles. The highest BCUT2D eigenvalue weighted by Gasteiger charge is 2.20. The highest BCUT2D eigenvalue weighted by atomic mass is 16.5. The van der Waals surface area contributed by atoms with E-state index in [9.17, 15) is 4.79 Å². The van der Waals surface area contributed by atoms with Gasteiger partial charge in [-0.3, -0.25) is 4.90 Å². The van der Waals surface area contributed by atoms with E-state index in [0.717, 1.165) is 37.5 Å². The van der Waals surface area contributed by atoms with Crippen molar-refractivity contribution in [1.29, 1.82) is 0 Å². The van der Waals surface area contributed by atoms with Crippen LogP contribution in [-0.2, 0) is 0 Å². The molecule has 0 spiro atoms. The van der Waals surface area contributed by atoms with Crippen LogP contribution in [-0.4, -0.2) is 51.3 Å². The van der Waals surface area contributed by atoms with Crippen LogP contribution in [0.5, 0.6) is 5.75 Å². The largest absolute Gasteiger partial charge is 0.494 e. The number of amides is 2. The van der Waals surface area contributed by atoms with Crippen LogP contribution in [0.2, 0.25) is 0 Å². The van der Waals surface area contributed by atoms with E-state index in [1.165, 1.54) is 0 Å². The van der Waals surface area contributed by atoms with Gasteiger partial charge in [0.1, 0.15) is 5.75 Å². The van der Waals surface area contributed by atoms with Crippen LogP contribution in [0, 0.1) is 5.92 Å². The summed E-state index contributed by atoms with van der Waals surface area (Å²) in [5, 5.41) is 3.01. The van der Waals surface area contributed by atoms with Crippen LogP contribution in [0.4, 0.5) is 10.5 Å². The van der Waals surface area contributed by atoms with E-state index >= 15 is 0 Å². The summed E-state index contributed by atoms with van der Waals surface area (Å²) in [5.74, 6) is 1.39. The molecule has 21 heavy (non-hydrogen) atoms. The maximum absolute atomic E-state index is 12.2. The molecule has 0 bridgehead atoms. The first kappa shape index (κ1) is 15.6. The van der Waals surface area contributed by atoms with E-state index in [-0.39, 0.29) is 6.03 Å². The SMILES string of the molecule is CCOc1ccc(N(C)C(=O)NCC2CCN(C)C2)cc1. The summed E-state index contributed by atoms with van der Waals surface area (Å²) in [6, 6.07) is 7.50. The van der Waals surface area contributed by atoms with Crippen molar-refractivity contribution in [2.24, 2.45) is 5.92 Å². The van der Waals surface area contributed by atoms with Crippen molar-refractivity contribution >= 4 is 11.7 Å². The third kappa shape index (κ3) is 4.36. The maximum atomic E-state index is 12.2. The highest BCUT2D eigenvalue weighted by molar-refractivity contribution is 5.91. The maximum Gasteiger partial charge on any atom is 0.321 e. The second-order valence-corrected chi connectivity index (χ2v) is 5.59. The molecule has 0 aromatic heterocycles. The number of nitrogens with zero attached hydrogens (tertiary/aromatic N) is 2. The van der Waals surface area contributed by atoms with Gasteiger partial charge >= 0.3 is 6.03 Å². The molecule has 5 heteroatoms. The van der Waals surface area contributed by atoms with Crippen molar-refractivity contribution in [2.45, 2.75) is 13.3 Å². The molecule has 1 unspecified atom stereocenters. The number of carbonyl (C=O) groups excluding carboxylic acids is 1. The first-order valence-electron chi connectivity index (χ1n) is 7.53. The van der Waals surface area contributed by atoms with E-state index in [1.807, 2.05) is 31.2 Å². The average Bonchev–Trinajstić information content (AvgIpc) is 2.91. The Balaban J connectivity index is 1.83. The fraction of sp³-hybridized carbons (Fsp3) is 0.562. The Morgan fingerprint density at radius 1 is 1.43 bits per heavy atom. The molecule has 2 rings (SSSR count). The first-order valence-corrected chi connectivity index (χ1v) is 7.53. The monoisotopic (exact) mass is 291 g/mol. The Labute approximate surface area is 126 Å². The van der Waals surface area contributed by atoms with Crippen molar-refractivity contribution in [1.82, 2.24) is 10.2 Å². The molecular weight excluding hydrogens is 266 g/mol. The van der Waals surface area contributed by atoms with Gasteiger partial charge in [-0.05, 0) is 57.1 Å². The fourth-order valence-corrected chi connectivity index (χ4v) is 2.59. The van der Waals surface area contributed by atoms with Gasteiger partial charge in [0.15, 0.2) is 0 Å². The summed E-state index contributed by atoms with van der Waals surface area (Å²) >= 11 is 0. The van der Waals surface area contributed by atoms with Gasteiger partial charge in [-0.2, -0.15) is 0 Å². The number of anilines is 1. The summed E-state index contributed by atoms with van der Waals surface area (Å²) in [4.78, 5) is 16.1. The molecule has 1 aliphatic heterocycles. The third-order valence-corrected chi connectivity index (χ3v) is 3.87. The number of carbonyl (C=O) groups is 1. The van der Waals surface area contributed by atoms with E-state index < -0.39 is 0 Å². The molecule has 1 N–H and O–H groups in total. The molecule has 5 nitrogen and oxygen atoms in total. The van der Waals surface area contributed by atoms with Crippen LogP contribution in [0.25, 0.3) is 0 Å². The molecule has 2 amide bonds. The van der Waals surface area contributed by atoms with Gasteiger partial charge in [-0.25, -0.2) is 4.79 Å². The predicted molar refractivity (Wildman–Crippen MR) is 85.0 cm³/mol. The summed E-state index contributed by atoms with van der Waals surface area (Å²) in [6.07, 6.45) is 1.16. The minimum Gasteiger partial charge on any atom is -0.494 e. The lowest BCUT2D eigenvalue weighted by Crippen LogP contribution is -2.40. The van der Waals surface area contributed by atoms with Gasteiger partial charge in [0.25, 0.3) is 0 Å². The Kier molecular flexibility index (Phi) is 5.44. The van der Waals surface area contributed by atoms with Crippen LogP contribution in [0.3, 0.4) is 0 Å². The van der Waals surface area contributed by atoms with Gasteiger partial charge in [0, 0.05) is 25.8 Å². The lowest BCUT2D eigenvalue weighted by atomic mass is 10.1. The Morgan fingerprint density at radius 2 is 2.14 bits per heavy atom. The number of hydrogen-bond donors (Lipinski definition) is 1. The smallest absolute Gasteiger partial charge is 0.321 e. The lowest BCUT2D eigenvalue weighted by molar-refractivity contribution is 0.245. The Bertz CT molecular complexity index is 461. The molecule has 1 saturated heterocycles. The van der Waals surface area contributed by atoms with E-state index in [4.69, 9.17) is 4.74 Å². The quantitative estimate of drug-likeness (QED) is 0.904. The highest BCUT2D eigenvalue weighted by Crippen LogP contribution is 2.19. The van der Waals surface area contributed by atoms with E-state index in [2.05, 4.69) is 17.3 Å². The van der Waals surface area contributed by atoms with Crippen molar-refractivity contribution in [2.75, 3.05) is 45.2 Å². The van der Waals surface area contributed by atoms with Crippen LogP contribution >= 0.6 is 0 Å². The summed E-state index contributed by atoms with van der Waals surface area (Å²) < 4.78 is 5.40. The molecule has 1 aliphatic rings. The van der Waals surface area contributed by atoms with Gasteiger partial charge in [-0.1, -0.05) is 0 Å². The fourth-order valence-electron chi connectivity index (χ4n) is 2.59. The van der Waals surface area contributed by atoms with Crippen molar-refractivity contribution in [3.05, 3.63) is 24.3 Å². The molecule has 1 atom stereocenters. The van der Waals surface area contributed by atoms with Gasteiger partial charge in [0.05, 0.1) is 6.61 Å². The molecule has 1 fully saturated rings. The lowest BCUT2D eigenvalue weighted by Gasteiger charge is -2.20. The van der Waals surface area contributed by atoms with E-state index in [0.29, 0.717) is 12.5 Å². The first-order chi connectivity index (χ1) is 10.1. The minimum absolute atomic E-state index is 0.0614. The summed E-state index contributed by atoms with van der Waals surface area (Å²) in [5.41, 5.74) is 0.861. The van der Waals surface area contributed by atoms with Gasteiger partial charge in [-0.15, -0.1) is 0 Å². The van der Waals surface area contributed by atoms with Crippen molar-refractivity contribution in [3.63, 3.8) is 0 Å². The number of benzene rings is 1. The number of nitrogens with one attached hydrogen (secondary N) is 1. The number of ether oxygens (including phenoxy) is 1. The third-order valence-electron chi connectivity index (χ3n) is 3.87. The zero-order chi connectivity index (χ0) is 15.2. The number of rotatable bonds is 5. The number of hydrogen-bond acceptors (Lipinski definition) is 3. The minimum atomic E-state index is -0.0614. The van der Waals surface area contributed by atoms with Gasteiger partial charge in [0.2, 0.25) is 0 Å². The zero-order valence-corrected chi connectivity index (χ0v) is 13.1. The van der Waals surface area contributed by atoms with Crippen LogP contribution in [0.1, 0.15) is 13.3 Å². The topological polar surface area (TPSA) is 44.8 Å². The van der Waals surface area contributed by atoms with Crippen LogP contribution in [0.15, 0.2) is 24.3 Å².